The summed E-state index contributed by atoms with van der Waals surface area (Å²) < 4.78 is 5.86. The monoisotopic (exact) mass is 428 g/mol. The average Bonchev–Trinajstić information content (AvgIpc) is 3.31. The largest absolute Gasteiger partial charge is 0.507 e. The second kappa shape index (κ2) is 9.78. The van der Waals surface area contributed by atoms with E-state index in [0.717, 1.165) is 34.9 Å². The fraction of sp³-hybridized carbons (Fsp3) is 0.160. The van der Waals surface area contributed by atoms with Crippen LogP contribution in [0.3, 0.4) is 0 Å². The van der Waals surface area contributed by atoms with Crippen molar-refractivity contribution >= 4 is 22.9 Å². The van der Waals surface area contributed by atoms with E-state index in [4.69, 9.17) is 4.74 Å². The number of hydrazone groups is 1. The van der Waals surface area contributed by atoms with Crippen LogP contribution in [0.5, 0.6) is 11.5 Å². The highest BCUT2D eigenvalue weighted by atomic mass is 16.5. The molecule has 162 valence electrons. The lowest BCUT2D eigenvalue weighted by Gasteiger charge is -2.09. The molecule has 1 amide bonds. The Morgan fingerprint density at radius 2 is 1.97 bits per heavy atom. The van der Waals surface area contributed by atoms with Gasteiger partial charge in [0.1, 0.15) is 17.2 Å². The fourth-order valence-electron chi connectivity index (χ4n) is 3.34. The molecule has 0 aliphatic carbocycles. The van der Waals surface area contributed by atoms with Gasteiger partial charge in [0, 0.05) is 11.1 Å². The zero-order chi connectivity index (χ0) is 22.3. The number of carbonyl (C=O) groups excluding carboxylic acids is 1. The summed E-state index contributed by atoms with van der Waals surface area (Å²) in [6.45, 7) is 2.74. The summed E-state index contributed by atoms with van der Waals surface area (Å²) in [5, 5.41) is 23.0. The predicted octanol–water partition coefficient (Wildman–Crippen LogP) is 4.88. The lowest BCUT2D eigenvalue weighted by Crippen LogP contribution is -2.18. The van der Waals surface area contributed by atoms with E-state index in [2.05, 4.69) is 27.6 Å². The Balaban J connectivity index is 1.48. The van der Waals surface area contributed by atoms with Gasteiger partial charge in [0.05, 0.1) is 18.5 Å². The minimum Gasteiger partial charge on any atom is -0.507 e. The number of amides is 1. The number of hydrogen-bond acceptors (Lipinski definition) is 5. The van der Waals surface area contributed by atoms with Gasteiger partial charge in [-0.15, -0.1) is 0 Å². The van der Waals surface area contributed by atoms with Gasteiger partial charge < -0.3 is 9.84 Å². The molecule has 0 atom stereocenters. The number of unbranched alkanes of at least 4 members (excludes halogenated alkanes) is 1. The van der Waals surface area contributed by atoms with Crippen molar-refractivity contribution in [1.29, 1.82) is 0 Å². The molecule has 0 aliphatic rings. The van der Waals surface area contributed by atoms with Gasteiger partial charge in [0.15, 0.2) is 0 Å². The van der Waals surface area contributed by atoms with E-state index in [-0.39, 0.29) is 11.4 Å². The second-order valence-electron chi connectivity index (χ2n) is 7.28. The van der Waals surface area contributed by atoms with E-state index in [9.17, 15) is 9.90 Å². The highest BCUT2D eigenvalue weighted by molar-refractivity contribution is 6.03. The van der Waals surface area contributed by atoms with Crippen LogP contribution in [0.4, 0.5) is 0 Å². The molecule has 0 aliphatic heterocycles. The smallest absolute Gasteiger partial charge is 0.289 e. The summed E-state index contributed by atoms with van der Waals surface area (Å²) in [7, 11) is 0. The van der Waals surface area contributed by atoms with Crippen molar-refractivity contribution < 1.29 is 14.6 Å². The number of H-pyrrole nitrogens is 1. The molecular weight excluding hydrogens is 404 g/mol. The third-order valence-electron chi connectivity index (χ3n) is 5.05. The van der Waals surface area contributed by atoms with Crippen molar-refractivity contribution in [3.05, 3.63) is 78.0 Å². The number of aromatic nitrogens is 2. The molecule has 7 heteroatoms. The number of nitrogens with zero attached hydrogens (tertiary/aromatic N) is 2. The zero-order valence-corrected chi connectivity index (χ0v) is 17.7. The number of hydrogen-bond donors (Lipinski definition) is 3. The van der Waals surface area contributed by atoms with Gasteiger partial charge in [-0.05, 0) is 41.5 Å². The van der Waals surface area contributed by atoms with Crippen molar-refractivity contribution in [1.82, 2.24) is 15.6 Å². The van der Waals surface area contributed by atoms with E-state index >= 15 is 0 Å². The van der Waals surface area contributed by atoms with Crippen LogP contribution in [-0.2, 0) is 0 Å². The SMILES string of the molecule is CCCCOc1ccccc1-c1cc(C(=O)N/N=C/c2c(O)ccc3ccccc23)[nH]n1. The summed E-state index contributed by atoms with van der Waals surface area (Å²) >= 11 is 0. The van der Waals surface area contributed by atoms with E-state index < -0.39 is 5.91 Å². The van der Waals surface area contributed by atoms with E-state index in [1.165, 1.54) is 6.21 Å². The third kappa shape index (κ3) is 4.62. The van der Waals surface area contributed by atoms with Crippen molar-refractivity contribution in [3.8, 4) is 22.8 Å². The van der Waals surface area contributed by atoms with Gasteiger partial charge in [-0.2, -0.15) is 10.2 Å². The van der Waals surface area contributed by atoms with Gasteiger partial charge in [-0.3, -0.25) is 9.89 Å². The maximum absolute atomic E-state index is 12.5. The number of phenolic OH excluding ortho intramolecular Hbond substituents is 1. The summed E-state index contributed by atoms with van der Waals surface area (Å²) in [5.41, 5.74) is 4.70. The van der Waals surface area contributed by atoms with E-state index in [0.29, 0.717) is 17.9 Å². The van der Waals surface area contributed by atoms with Gasteiger partial charge in [-0.1, -0.05) is 55.8 Å². The Morgan fingerprint density at radius 1 is 1.16 bits per heavy atom. The molecular formula is C25H24N4O3. The number of benzene rings is 3. The minimum atomic E-state index is -0.441. The highest BCUT2D eigenvalue weighted by Gasteiger charge is 2.14. The van der Waals surface area contributed by atoms with Crippen LogP contribution < -0.4 is 10.2 Å². The molecule has 32 heavy (non-hydrogen) atoms. The molecule has 0 saturated heterocycles. The van der Waals surface area contributed by atoms with E-state index in [1.807, 2.05) is 54.6 Å². The fourth-order valence-corrected chi connectivity index (χ4v) is 3.34. The Morgan fingerprint density at radius 3 is 2.84 bits per heavy atom. The molecule has 0 spiro atoms. The molecule has 1 heterocycles. The van der Waals surface area contributed by atoms with Crippen LogP contribution in [0.15, 0.2) is 71.8 Å². The average molecular weight is 428 g/mol. The van der Waals surface area contributed by atoms with Crippen LogP contribution in [0.2, 0.25) is 0 Å². The molecule has 1 aromatic heterocycles. The Bertz CT molecular complexity index is 1260. The number of carbonyl (C=O) groups is 1. The topological polar surface area (TPSA) is 99.6 Å². The van der Waals surface area contributed by atoms with Gasteiger partial charge in [-0.25, -0.2) is 5.43 Å². The first kappa shape index (κ1) is 21.1. The van der Waals surface area contributed by atoms with Crippen LogP contribution in [0, 0.1) is 0 Å². The minimum absolute atomic E-state index is 0.0882. The first-order valence-corrected chi connectivity index (χ1v) is 10.5. The Labute approximate surface area is 185 Å². The molecule has 7 nitrogen and oxygen atoms in total. The summed E-state index contributed by atoms with van der Waals surface area (Å²) in [6.07, 6.45) is 3.45. The maximum Gasteiger partial charge on any atom is 0.289 e. The number of aromatic amines is 1. The van der Waals surface area contributed by atoms with Gasteiger partial charge >= 0.3 is 0 Å². The first-order chi connectivity index (χ1) is 15.7. The number of phenols is 1. The number of ether oxygens (including phenoxy) is 1. The van der Waals surface area contributed by atoms with Crippen LogP contribution in [0.25, 0.3) is 22.0 Å². The number of fused-ring (bicyclic) bond motifs is 1. The predicted molar refractivity (Wildman–Crippen MR) is 125 cm³/mol. The summed E-state index contributed by atoms with van der Waals surface area (Å²) in [6, 6.07) is 20.3. The standard InChI is InChI=1S/C25H24N4O3/c1-2-3-14-32-24-11-7-6-10-19(24)21-15-22(28-27-21)25(31)29-26-16-20-18-9-5-4-8-17(18)12-13-23(20)30/h4-13,15-16,30H,2-3,14H2,1H3,(H,27,28)(H,29,31)/b26-16+. The quantitative estimate of drug-likeness (QED) is 0.212. The molecule has 0 unspecified atom stereocenters. The van der Waals surface area contributed by atoms with Gasteiger partial charge in [0.2, 0.25) is 0 Å². The molecule has 0 fully saturated rings. The molecule has 3 N–H and O–H groups in total. The summed E-state index contributed by atoms with van der Waals surface area (Å²) in [5.74, 6) is 0.373. The second-order valence-corrected chi connectivity index (χ2v) is 7.28. The maximum atomic E-state index is 12.5. The van der Waals surface area contributed by atoms with Gasteiger partial charge in [0.25, 0.3) is 5.91 Å². The third-order valence-corrected chi connectivity index (χ3v) is 5.05. The number of para-hydroxylation sites is 1. The van der Waals surface area contributed by atoms with E-state index in [1.54, 1.807) is 12.1 Å². The lowest BCUT2D eigenvalue weighted by atomic mass is 10.0. The number of nitrogens with one attached hydrogen (secondary N) is 2. The number of aromatic hydroxyl groups is 1. The molecule has 4 rings (SSSR count). The molecule has 3 aromatic carbocycles. The van der Waals surface area contributed by atoms with Crippen molar-refractivity contribution in [2.45, 2.75) is 19.8 Å². The first-order valence-electron chi connectivity index (χ1n) is 10.5. The van der Waals surface area contributed by atoms with Crippen molar-refractivity contribution in [3.63, 3.8) is 0 Å². The lowest BCUT2D eigenvalue weighted by molar-refractivity contribution is 0.0950. The normalized spacial score (nSPS) is 11.2. The molecule has 0 saturated carbocycles. The highest BCUT2D eigenvalue weighted by Crippen LogP contribution is 2.29. The molecule has 0 radical (unpaired) electrons. The summed E-state index contributed by atoms with van der Waals surface area (Å²) in [4.78, 5) is 12.5. The van der Waals surface area contributed by atoms with Crippen molar-refractivity contribution in [2.24, 2.45) is 5.10 Å². The number of rotatable bonds is 8. The Hall–Kier alpha value is -4.13. The molecule has 4 aromatic rings. The zero-order valence-electron chi connectivity index (χ0n) is 17.7. The molecule has 0 bridgehead atoms. The Kier molecular flexibility index (Phi) is 6.46. The van der Waals surface area contributed by atoms with Crippen molar-refractivity contribution in [2.75, 3.05) is 6.61 Å². The van der Waals surface area contributed by atoms with Crippen LogP contribution in [-0.4, -0.2) is 34.0 Å². The van der Waals surface area contributed by atoms with Crippen LogP contribution in [0.1, 0.15) is 35.8 Å². The van der Waals surface area contributed by atoms with Crippen LogP contribution >= 0.6 is 0 Å².